The van der Waals surface area contributed by atoms with Gasteiger partial charge in [0.15, 0.2) is 0 Å². The van der Waals surface area contributed by atoms with Crippen LogP contribution in [0.1, 0.15) is 19.8 Å². The summed E-state index contributed by atoms with van der Waals surface area (Å²) in [5.41, 5.74) is 6.09. The van der Waals surface area contributed by atoms with Crippen LogP contribution < -0.4 is 5.73 Å². The van der Waals surface area contributed by atoms with E-state index in [1.165, 1.54) is 0 Å². The van der Waals surface area contributed by atoms with Crippen molar-refractivity contribution in [3.05, 3.63) is 0 Å². The number of nitrogens with two attached hydrogens (primary N) is 1. The molecule has 0 aliphatic carbocycles. The standard InChI is InChI=1S/C11H24N2O2/c1-3-13(6-9-14-2)11(10-12)4-7-15-8-5-11/h3-10,12H2,1-2H3. The molecule has 1 fully saturated rings. The van der Waals surface area contributed by atoms with Crippen molar-refractivity contribution in [1.29, 1.82) is 0 Å². The second kappa shape index (κ2) is 6.43. The Hall–Kier alpha value is -0.160. The van der Waals surface area contributed by atoms with Crippen molar-refractivity contribution in [2.45, 2.75) is 25.3 Å². The summed E-state index contributed by atoms with van der Waals surface area (Å²) in [6.07, 6.45) is 2.09. The van der Waals surface area contributed by atoms with Gasteiger partial charge in [-0.15, -0.1) is 0 Å². The number of likely N-dealkylation sites (N-methyl/N-ethyl adjacent to an activating group) is 1. The first-order chi connectivity index (χ1) is 7.29. The van der Waals surface area contributed by atoms with E-state index in [1.54, 1.807) is 7.11 Å². The number of rotatable bonds is 6. The molecule has 1 saturated heterocycles. The molecule has 1 rings (SSSR count). The quantitative estimate of drug-likeness (QED) is 0.701. The third-order valence-electron chi connectivity index (χ3n) is 3.42. The van der Waals surface area contributed by atoms with Crippen molar-refractivity contribution in [2.75, 3.05) is 46.6 Å². The summed E-state index contributed by atoms with van der Waals surface area (Å²) in [5.74, 6) is 0. The second-order valence-electron chi connectivity index (χ2n) is 4.11. The number of ether oxygens (including phenoxy) is 2. The summed E-state index contributed by atoms with van der Waals surface area (Å²) in [6, 6.07) is 0. The lowest BCUT2D eigenvalue weighted by Crippen LogP contribution is -2.57. The first-order valence-corrected chi connectivity index (χ1v) is 5.81. The highest BCUT2D eigenvalue weighted by Gasteiger charge is 2.36. The number of hydrogen-bond donors (Lipinski definition) is 1. The maximum Gasteiger partial charge on any atom is 0.0589 e. The zero-order valence-electron chi connectivity index (χ0n) is 10.00. The average Bonchev–Trinajstić information content (AvgIpc) is 2.31. The SMILES string of the molecule is CCN(CCOC)C1(CN)CCOCC1. The Labute approximate surface area is 92.7 Å². The lowest BCUT2D eigenvalue weighted by molar-refractivity contribution is -0.0297. The molecule has 2 N–H and O–H groups in total. The first-order valence-electron chi connectivity index (χ1n) is 5.81. The van der Waals surface area contributed by atoms with Gasteiger partial charge in [0.25, 0.3) is 0 Å². The van der Waals surface area contributed by atoms with Gasteiger partial charge in [0.2, 0.25) is 0 Å². The van der Waals surface area contributed by atoms with Crippen molar-refractivity contribution in [2.24, 2.45) is 5.73 Å². The zero-order chi connectivity index (χ0) is 11.1. The fourth-order valence-electron chi connectivity index (χ4n) is 2.33. The molecule has 0 bridgehead atoms. The lowest BCUT2D eigenvalue weighted by atomic mass is 9.88. The van der Waals surface area contributed by atoms with Crippen LogP contribution in [0.25, 0.3) is 0 Å². The molecule has 4 nitrogen and oxygen atoms in total. The summed E-state index contributed by atoms with van der Waals surface area (Å²) >= 11 is 0. The van der Waals surface area contributed by atoms with Crippen molar-refractivity contribution in [3.63, 3.8) is 0 Å². The van der Waals surface area contributed by atoms with E-state index in [0.717, 1.165) is 45.8 Å². The third kappa shape index (κ3) is 3.14. The van der Waals surface area contributed by atoms with Crippen LogP contribution in [0, 0.1) is 0 Å². The van der Waals surface area contributed by atoms with Crippen molar-refractivity contribution in [3.8, 4) is 0 Å². The molecule has 1 heterocycles. The van der Waals surface area contributed by atoms with Crippen molar-refractivity contribution < 1.29 is 9.47 Å². The van der Waals surface area contributed by atoms with Crippen LogP contribution in [0.4, 0.5) is 0 Å². The van der Waals surface area contributed by atoms with E-state index >= 15 is 0 Å². The van der Waals surface area contributed by atoms with Gasteiger partial charge >= 0.3 is 0 Å². The largest absolute Gasteiger partial charge is 0.383 e. The third-order valence-corrected chi connectivity index (χ3v) is 3.42. The van der Waals surface area contributed by atoms with Gasteiger partial charge in [-0.2, -0.15) is 0 Å². The average molecular weight is 216 g/mol. The van der Waals surface area contributed by atoms with Crippen LogP contribution in [0.3, 0.4) is 0 Å². The summed E-state index contributed by atoms with van der Waals surface area (Å²) < 4.78 is 10.6. The molecule has 0 saturated carbocycles. The maximum atomic E-state index is 5.95. The molecule has 0 radical (unpaired) electrons. The van der Waals surface area contributed by atoms with Gasteiger partial charge in [-0.1, -0.05) is 6.92 Å². The van der Waals surface area contributed by atoms with E-state index in [0.29, 0.717) is 6.54 Å². The molecule has 0 unspecified atom stereocenters. The van der Waals surface area contributed by atoms with E-state index in [2.05, 4.69) is 11.8 Å². The van der Waals surface area contributed by atoms with Gasteiger partial charge in [0.1, 0.15) is 0 Å². The highest BCUT2D eigenvalue weighted by Crippen LogP contribution is 2.26. The maximum absolute atomic E-state index is 5.95. The van der Waals surface area contributed by atoms with Crippen molar-refractivity contribution in [1.82, 2.24) is 4.90 Å². The molecule has 1 aliphatic heterocycles. The highest BCUT2D eigenvalue weighted by atomic mass is 16.5. The minimum Gasteiger partial charge on any atom is -0.383 e. The van der Waals surface area contributed by atoms with Gasteiger partial charge in [-0.25, -0.2) is 0 Å². The van der Waals surface area contributed by atoms with Gasteiger partial charge in [0.05, 0.1) is 6.61 Å². The lowest BCUT2D eigenvalue weighted by Gasteiger charge is -2.45. The van der Waals surface area contributed by atoms with Crippen LogP contribution >= 0.6 is 0 Å². The Balaban J connectivity index is 2.58. The molecular formula is C11H24N2O2. The number of methoxy groups -OCH3 is 1. The number of hydrogen-bond acceptors (Lipinski definition) is 4. The van der Waals surface area contributed by atoms with Gasteiger partial charge < -0.3 is 15.2 Å². The molecule has 4 heteroatoms. The zero-order valence-corrected chi connectivity index (χ0v) is 10.00. The predicted molar refractivity (Wildman–Crippen MR) is 61.0 cm³/mol. The molecule has 0 atom stereocenters. The van der Waals surface area contributed by atoms with Crippen LogP contribution in [0.15, 0.2) is 0 Å². The smallest absolute Gasteiger partial charge is 0.0589 e. The van der Waals surface area contributed by atoms with Crippen LogP contribution in [0.5, 0.6) is 0 Å². The van der Waals surface area contributed by atoms with Crippen LogP contribution in [0.2, 0.25) is 0 Å². The van der Waals surface area contributed by atoms with E-state index in [4.69, 9.17) is 15.2 Å². The molecular weight excluding hydrogens is 192 g/mol. The summed E-state index contributed by atoms with van der Waals surface area (Å²) in [7, 11) is 1.74. The van der Waals surface area contributed by atoms with Gasteiger partial charge in [0, 0.05) is 39.0 Å². The van der Waals surface area contributed by atoms with Gasteiger partial charge in [-0.05, 0) is 19.4 Å². The summed E-state index contributed by atoms with van der Waals surface area (Å²) in [5, 5.41) is 0. The molecule has 1 aliphatic rings. The van der Waals surface area contributed by atoms with Crippen molar-refractivity contribution >= 4 is 0 Å². The molecule has 0 amide bonds. The highest BCUT2D eigenvalue weighted by molar-refractivity contribution is 4.93. The topological polar surface area (TPSA) is 47.7 Å². The van der Waals surface area contributed by atoms with Crippen LogP contribution in [-0.4, -0.2) is 57.0 Å². The minimum absolute atomic E-state index is 0.144. The Kier molecular flexibility index (Phi) is 5.53. The molecule has 0 aromatic heterocycles. The molecule has 0 aromatic rings. The molecule has 15 heavy (non-hydrogen) atoms. The first kappa shape index (κ1) is 12.9. The van der Waals surface area contributed by atoms with E-state index in [-0.39, 0.29) is 5.54 Å². The van der Waals surface area contributed by atoms with E-state index in [1.807, 2.05) is 0 Å². The fraction of sp³-hybridized carbons (Fsp3) is 1.00. The molecule has 0 aromatic carbocycles. The molecule has 90 valence electrons. The minimum atomic E-state index is 0.144. The van der Waals surface area contributed by atoms with E-state index in [9.17, 15) is 0 Å². The summed E-state index contributed by atoms with van der Waals surface area (Å²) in [4.78, 5) is 2.44. The predicted octanol–water partition coefficient (Wildman–Crippen LogP) is 0.463. The Morgan fingerprint density at radius 1 is 1.40 bits per heavy atom. The van der Waals surface area contributed by atoms with E-state index < -0.39 is 0 Å². The fourth-order valence-corrected chi connectivity index (χ4v) is 2.33. The Bertz CT molecular complexity index is 170. The molecule has 0 spiro atoms. The Morgan fingerprint density at radius 3 is 2.53 bits per heavy atom. The van der Waals surface area contributed by atoms with Gasteiger partial charge in [-0.3, -0.25) is 4.90 Å². The van der Waals surface area contributed by atoms with Crippen LogP contribution in [-0.2, 0) is 9.47 Å². The normalized spacial score (nSPS) is 20.8. The Morgan fingerprint density at radius 2 is 2.07 bits per heavy atom. The number of nitrogens with zero attached hydrogens (tertiary/aromatic N) is 1. The summed E-state index contributed by atoms with van der Waals surface area (Å²) in [6.45, 7) is 7.33. The monoisotopic (exact) mass is 216 g/mol. The second-order valence-corrected chi connectivity index (χ2v) is 4.11.